The number of carbonyl (C=O) groups is 2. The summed E-state index contributed by atoms with van der Waals surface area (Å²) in [6.07, 6.45) is 2.01. The van der Waals surface area contributed by atoms with Crippen molar-refractivity contribution in [2.45, 2.75) is 39.3 Å². The smallest absolute Gasteiger partial charge is 0.244 e. The van der Waals surface area contributed by atoms with Crippen molar-refractivity contribution in [1.29, 1.82) is 0 Å². The fraction of sp³-hybridized carbons (Fsp3) is 0.333. The minimum atomic E-state index is -3.87. The van der Waals surface area contributed by atoms with Crippen molar-refractivity contribution in [3.8, 4) is 5.75 Å². The topological polar surface area (TPSA) is 96.0 Å². The molecule has 0 bridgehead atoms. The van der Waals surface area contributed by atoms with Gasteiger partial charge in [0.25, 0.3) is 0 Å². The second-order valence-corrected chi connectivity index (χ2v) is 11.9. The molecule has 3 aromatic rings. The molecule has 0 aliphatic rings. The van der Waals surface area contributed by atoms with Gasteiger partial charge in [-0.25, -0.2) is 8.42 Å². The summed E-state index contributed by atoms with van der Waals surface area (Å²) in [4.78, 5) is 29.0. The first-order chi connectivity index (χ1) is 19.0. The molecule has 2 amide bonds. The predicted octanol–water partition coefficient (Wildman–Crippen LogP) is 4.59. The molecule has 0 radical (unpaired) electrons. The van der Waals surface area contributed by atoms with Crippen molar-refractivity contribution in [3.05, 3.63) is 94.5 Å². The number of aryl methyl sites for hydroxylation is 1. The maximum Gasteiger partial charge on any atom is 0.244 e. The molecule has 1 N–H and O–H groups in total. The van der Waals surface area contributed by atoms with E-state index in [1.807, 2.05) is 43.3 Å². The van der Waals surface area contributed by atoms with E-state index in [0.29, 0.717) is 17.3 Å². The van der Waals surface area contributed by atoms with E-state index in [1.165, 1.54) is 11.0 Å². The Balaban J connectivity index is 2.06. The van der Waals surface area contributed by atoms with E-state index in [1.54, 1.807) is 44.4 Å². The summed E-state index contributed by atoms with van der Waals surface area (Å²) in [7, 11) is -2.32. The molecule has 1 atom stereocenters. The molecule has 0 spiro atoms. The zero-order chi connectivity index (χ0) is 29.3. The summed E-state index contributed by atoms with van der Waals surface area (Å²) < 4.78 is 32.1. The number of amides is 2. The second kappa shape index (κ2) is 14.2. The summed E-state index contributed by atoms with van der Waals surface area (Å²) in [5.41, 5.74) is 2.65. The Labute approximate surface area is 241 Å². The van der Waals surface area contributed by atoms with Crippen molar-refractivity contribution in [1.82, 2.24) is 10.2 Å². The monoisotopic (exact) mass is 585 g/mol. The standard InChI is InChI=1S/C30H36ClN3O5S/c1-5-16-32-30(36)28(18-23-10-7-6-8-11-23)33(20-24-12-9-13-26(17-24)39-3)29(35)21-34(40(4,37)38)25-15-14-22(2)27(31)19-25/h6-15,17,19,28H,5,16,18,20-21H2,1-4H3,(H,32,36)/t28-/m1/s1. The summed E-state index contributed by atoms with van der Waals surface area (Å²) in [5.74, 6) is -0.240. The number of benzene rings is 3. The first-order valence-electron chi connectivity index (χ1n) is 13.0. The number of hydrogen-bond donors (Lipinski definition) is 1. The Hall–Kier alpha value is -3.56. The van der Waals surface area contributed by atoms with Crippen LogP contribution in [0.2, 0.25) is 5.02 Å². The van der Waals surface area contributed by atoms with E-state index >= 15 is 0 Å². The van der Waals surface area contributed by atoms with Gasteiger partial charge in [-0.15, -0.1) is 0 Å². The van der Waals surface area contributed by atoms with Crippen molar-refractivity contribution in [2.75, 3.05) is 30.8 Å². The van der Waals surface area contributed by atoms with Gasteiger partial charge < -0.3 is 15.0 Å². The minimum absolute atomic E-state index is 0.0688. The molecule has 0 unspecified atom stereocenters. The number of hydrogen-bond acceptors (Lipinski definition) is 5. The zero-order valence-corrected chi connectivity index (χ0v) is 24.8. The number of nitrogens with zero attached hydrogens (tertiary/aromatic N) is 2. The van der Waals surface area contributed by atoms with Crippen LogP contribution in [0, 0.1) is 6.92 Å². The first-order valence-corrected chi connectivity index (χ1v) is 15.2. The number of rotatable bonds is 13. The molecule has 0 saturated heterocycles. The van der Waals surface area contributed by atoms with Gasteiger partial charge in [-0.2, -0.15) is 0 Å². The van der Waals surface area contributed by atoms with Crippen molar-refractivity contribution in [2.24, 2.45) is 0 Å². The largest absolute Gasteiger partial charge is 0.497 e. The fourth-order valence-corrected chi connectivity index (χ4v) is 5.25. The molecule has 0 aromatic heterocycles. The van der Waals surface area contributed by atoms with Gasteiger partial charge in [0.2, 0.25) is 21.8 Å². The highest BCUT2D eigenvalue weighted by Crippen LogP contribution is 2.26. The number of carbonyl (C=O) groups excluding carboxylic acids is 2. The fourth-order valence-electron chi connectivity index (χ4n) is 4.24. The van der Waals surface area contributed by atoms with E-state index in [4.69, 9.17) is 16.3 Å². The van der Waals surface area contributed by atoms with E-state index in [0.717, 1.165) is 33.7 Å². The first kappa shape index (κ1) is 31.0. The van der Waals surface area contributed by atoms with Crippen LogP contribution in [0.15, 0.2) is 72.8 Å². The van der Waals surface area contributed by atoms with Gasteiger partial charge in [0.05, 0.1) is 19.1 Å². The maximum atomic E-state index is 14.1. The molecule has 8 nitrogen and oxygen atoms in total. The maximum absolute atomic E-state index is 14.1. The van der Waals surface area contributed by atoms with Crippen molar-refractivity contribution in [3.63, 3.8) is 0 Å². The van der Waals surface area contributed by atoms with E-state index in [2.05, 4.69) is 5.32 Å². The SMILES string of the molecule is CCCNC(=O)[C@@H](Cc1ccccc1)N(Cc1cccc(OC)c1)C(=O)CN(c1ccc(C)c(Cl)c1)S(C)(=O)=O. The average molecular weight is 586 g/mol. The predicted molar refractivity (Wildman–Crippen MR) is 159 cm³/mol. The highest BCUT2D eigenvalue weighted by Gasteiger charge is 2.33. The number of methoxy groups -OCH3 is 1. The van der Waals surface area contributed by atoms with Gasteiger partial charge >= 0.3 is 0 Å². The number of sulfonamides is 1. The second-order valence-electron chi connectivity index (χ2n) is 9.57. The van der Waals surface area contributed by atoms with Crippen LogP contribution in [-0.2, 0) is 32.6 Å². The molecule has 214 valence electrons. The third-order valence-electron chi connectivity index (χ3n) is 6.43. The lowest BCUT2D eigenvalue weighted by Crippen LogP contribution is -2.53. The Kier molecular flexibility index (Phi) is 11.0. The lowest BCUT2D eigenvalue weighted by molar-refractivity contribution is -0.140. The third-order valence-corrected chi connectivity index (χ3v) is 7.98. The Morgan fingerprint density at radius 2 is 1.70 bits per heavy atom. The van der Waals surface area contributed by atoms with Crippen molar-refractivity contribution < 1.29 is 22.7 Å². The normalized spacial score (nSPS) is 11.9. The highest BCUT2D eigenvalue weighted by molar-refractivity contribution is 7.92. The van der Waals surface area contributed by atoms with Crippen LogP contribution in [-0.4, -0.2) is 57.6 Å². The van der Waals surface area contributed by atoms with Crippen molar-refractivity contribution >= 4 is 39.1 Å². The molecule has 10 heteroatoms. The van der Waals surface area contributed by atoms with Gasteiger partial charge in [-0.1, -0.05) is 67.1 Å². The Morgan fingerprint density at radius 3 is 2.33 bits per heavy atom. The van der Waals surface area contributed by atoms with Crippen LogP contribution in [0.25, 0.3) is 0 Å². The third kappa shape index (κ3) is 8.47. The molecule has 0 aliphatic carbocycles. The minimum Gasteiger partial charge on any atom is -0.497 e. The Bertz CT molecular complexity index is 1420. The summed E-state index contributed by atoms with van der Waals surface area (Å²) >= 11 is 6.29. The lowest BCUT2D eigenvalue weighted by Gasteiger charge is -2.33. The van der Waals surface area contributed by atoms with Gasteiger partial charge in [-0.05, 0) is 54.3 Å². The highest BCUT2D eigenvalue weighted by atomic mass is 35.5. The van der Waals surface area contributed by atoms with Crippen LogP contribution in [0.5, 0.6) is 5.75 Å². The number of anilines is 1. The van der Waals surface area contributed by atoms with E-state index < -0.39 is 28.5 Å². The molecule has 3 aromatic carbocycles. The Morgan fingerprint density at radius 1 is 1.00 bits per heavy atom. The van der Waals surface area contributed by atoms with Gasteiger partial charge in [0.15, 0.2) is 0 Å². The molecular formula is C30H36ClN3O5S. The zero-order valence-electron chi connectivity index (χ0n) is 23.3. The van der Waals surface area contributed by atoms with E-state index in [9.17, 15) is 18.0 Å². The lowest BCUT2D eigenvalue weighted by atomic mass is 10.0. The molecule has 3 rings (SSSR count). The molecule has 0 saturated carbocycles. The van der Waals surface area contributed by atoms with Gasteiger partial charge in [0, 0.05) is 24.5 Å². The average Bonchev–Trinajstić information content (AvgIpc) is 2.93. The number of halogens is 1. The van der Waals surface area contributed by atoms with Crippen LogP contribution >= 0.6 is 11.6 Å². The number of nitrogens with one attached hydrogen (secondary N) is 1. The van der Waals surface area contributed by atoms with E-state index in [-0.39, 0.29) is 24.6 Å². The summed E-state index contributed by atoms with van der Waals surface area (Å²) in [6, 6.07) is 20.6. The number of ether oxygens (including phenoxy) is 1. The molecule has 0 fully saturated rings. The molecule has 0 heterocycles. The van der Waals surface area contributed by atoms with Gasteiger partial charge in [0.1, 0.15) is 18.3 Å². The van der Waals surface area contributed by atoms with Crippen LogP contribution < -0.4 is 14.4 Å². The summed E-state index contributed by atoms with van der Waals surface area (Å²) in [5, 5.41) is 3.30. The molecule has 40 heavy (non-hydrogen) atoms. The van der Waals surface area contributed by atoms with Crippen LogP contribution in [0.3, 0.4) is 0 Å². The molecule has 0 aliphatic heterocycles. The van der Waals surface area contributed by atoms with Crippen LogP contribution in [0.4, 0.5) is 5.69 Å². The molecular weight excluding hydrogens is 550 g/mol. The van der Waals surface area contributed by atoms with Crippen LogP contribution in [0.1, 0.15) is 30.0 Å². The summed E-state index contributed by atoms with van der Waals surface area (Å²) in [6.45, 7) is 3.76. The van der Waals surface area contributed by atoms with Gasteiger partial charge in [-0.3, -0.25) is 13.9 Å². The quantitative estimate of drug-likeness (QED) is 0.317.